The topological polar surface area (TPSA) is 29.1 Å². The van der Waals surface area contributed by atoms with E-state index in [1.165, 1.54) is 97.4 Å². The quantitative estimate of drug-likeness (QED) is 0.145. The summed E-state index contributed by atoms with van der Waals surface area (Å²) >= 11 is 0. The predicted octanol–water partition coefficient (Wildman–Crippen LogP) is 10.6. The van der Waals surface area contributed by atoms with E-state index in [0.717, 1.165) is 12.8 Å². The number of benzene rings is 6. The van der Waals surface area contributed by atoms with Crippen LogP contribution in [0.1, 0.15) is 75.5 Å². The van der Waals surface area contributed by atoms with Crippen molar-refractivity contribution in [3.05, 3.63) is 108 Å². The summed E-state index contributed by atoms with van der Waals surface area (Å²) < 4.78 is 0. The van der Waals surface area contributed by atoms with Crippen molar-refractivity contribution in [1.29, 1.82) is 0 Å². The second kappa shape index (κ2) is 11.0. The van der Waals surface area contributed by atoms with Gasteiger partial charge in [-0.3, -0.25) is 4.79 Å². The van der Waals surface area contributed by atoms with Crippen molar-refractivity contribution in [1.82, 2.24) is 5.32 Å². The molecule has 2 nitrogen and oxygen atoms in total. The molecule has 6 aromatic carbocycles. The third kappa shape index (κ3) is 4.37. The number of rotatable bonds is 9. The highest BCUT2D eigenvalue weighted by molar-refractivity contribution is 6.25. The summed E-state index contributed by atoms with van der Waals surface area (Å²) in [5.74, 6) is 0.150. The molecule has 1 amide bonds. The van der Waals surface area contributed by atoms with E-state index in [1.807, 2.05) is 0 Å². The van der Waals surface area contributed by atoms with Gasteiger partial charge in [0.15, 0.2) is 0 Å². The minimum absolute atomic E-state index is 0.150. The summed E-state index contributed by atoms with van der Waals surface area (Å²) in [5, 5.41) is 13.6. The number of hydrogen-bond acceptors (Lipinski definition) is 1. The van der Waals surface area contributed by atoms with Gasteiger partial charge < -0.3 is 5.32 Å². The fourth-order valence-electron chi connectivity index (χ4n) is 7.24. The number of carbonyl (C=O) groups excluding carboxylic acids is 1. The van der Waals surface area contributed by atoms with Crippen molar-refractivity contribution in [3.8, 4) is 11.1 Å². The van der Waals surface area contributed by atoms with Gasteiger partial charge in [0.25, 0.3) is 0 Å². The smallest absolute Gasteiger partial charge is 0.220 e. The zero-order valence-corrected chi connectivity index (χ0v) is 23.9. The van der Waals surface area contributed by atoms with Crippen LogP contribution in [0.15, 0.2) is 97.1 Å². The highest BCUT2D eigenvalue weighted by atomic mass is 16.1. The molecule has 0 aromatic heterocycles. The van der Waals surface area contributed by atoms with Crippen LogP contribution < -0.4 is 5.32 Å². The molecule has 0 atom stereocenters. The zero-order chi connectivity index (χ0) is 27.8. The Morgan fingerprint density at radius 1 is 0.512 bits per heavy atom. The first-order valence-corrected chi connectivity index (χ1v) is 15.4. The molecule has 204 valence electrons. The van der Waals surface area contributed by atoms with E-state index in [9.17, 15) is 4.79 Å². The van der Waals surface area contributed by atoms with Gasteiger partial charge >= 0.3 is 0 Å². The Labute approximate surface area is 242 Å². The van der Waals surface area contributed by atoms with Crippen molar-refractivity contribution in [3.63, 3.8) is 0 Å². The lowest BCUT2D eigenvalue weighted by Gasteiger charge is -2.20. The van der Waals surface area contributed by atoms with Crippen molar-refractivity contribution >= 4 is 49.0 Å². The maximum absolute atomic E-state index is 13.6. The first kappa shape index (κ1) is 25.8. The molecule has 6 aromatic rings. The monoisotopic (exact) mass is 535 g/mol. The average Bonchev–Trinajstić information content (AvgIpc) is 3.36. The van der Waals surface area contributed by atoms with Crippen LogP contribution in [0, 0.1) is 0 Å². The lowest BCUT2D eigenvalue weighted by atomic mass is 9.89. The highest BCUT2D eigenvalue weighted by Crippen LogP contribution is 2.55. The predicted molar refractivity (Wildman–Crippen MR) is 174 cm³/mol. The van der Waals surface area contributed by atoms with E-state index in [1.54, 1.807) is 0 Å². The summed E-state index contributed by atoms with van der Waals surface area (Å²) in [4.78, 5) is 13.6. The molecule has 0 saturated carbocycles. The van der Waals surface area contributed by atoms with E-state index in [0.29, 0.717) is 6.42 Å². The third-order valence-electron chi connectivity index (χ3n) is 9.09. The number of nitrogens with one attached hydrogen (secondary N) is 1. The molecule has 0 spiro atoms. The average molecular weight is 536 g/mol. The molecule has 0 aliphatic heterocycles. The lowest BCUT2D eigenvalue weighted by Crippen LogP contribution is -2.28. The molecule has 0 unspecified atom stereocenters. The molecule has 1 N–H and O–H groups in total. The van der Waals surface area contributed by atoms with Crippen molar-refractivity contribution in [2.45, 2.75) is 64.3 Å². The van der Waals surface area contributed by atoms with Gasteiger partial charge in [-0.25, -0.2) is 0 Å². The molecular weight excluding hydrogens is 498 g/mol. The third-order valence-corrected chi connectivity index (χ3v) is 9.09. The maximum atomic E-state index is 13.6. The largest absolute Gasteiger partial charge is 0.345 e. The van der Waals surface area contributed by atoms with E-state index < -0.39 is 0 Å². The van der Waals surface area contributed by atoms with Gasteiger partial charge in [-0.1, -0.05) is 143 Å². The van der Waals surface area contributed by atoms with Crippen molar-refractivity contribution in [2.75, 3.05) is 0 Å². The van der Waals surface area contributed by atoms with Crippen LogP contribution in [-0.2, 0) is 4.79 Å². The van der Waals surface area contributed by atoms with E-state index in [4.69, 9.17) is 0 Å². The van der Waals surface area contributed by atoms with Crippen LogP contribution in [-0.4, -0.2) is 5.91 Å². The van der Waals surface area contributed by atoms with Crippen LogP contribution in [0.2, 0.25) is 0 Å². The van der Waals surface area contributed by atoms with Crippen LogP contribution >= 0.6 is 0 Å². The summed E-state index contributed by atoms with van der Waals surface area (Å²) in [7, 11) is 0. The molecule has 0 heterocycles. The zero-order valence-electron chi connectivity index (χ0n) is 23.9. The fourth-order valence-corrected chi connectivity index (χ4v) is 7.24. The summed E-state index contributed by atoms with van der Waals surface area (Å²) in [5.41, 5.74) is 5.03. The van der Waals surface area contributed by atoms with E-state index in [-0.39, 0.29) is 11.9 Å². The van der Waals surface area contributed by atoms with Crippen LogP contribution in [0.4, 0.5) is 0 Å². The first-order valence-electron chi connectivity index (χ1n) is 15.4. The SMILES string of the molecule is CCCCCCCCCC(=O)NC1c2c(c3ccccc3c3ccccc23)-c2c1c1ccccc1c1ccccc21. The molecule has 1 aliphatic carbocycles. The molecule has 0 fully saturated rings. The van der Waals surface area contributed by atoms with Gasteiger partial charge in [0, 0.05) is 6.42 Å². The van der Waals surface area contributed by atoms with Gasteiger partial charge in [-0.15, -0.1) is 0 Å². The molecule has 0 radical (unpaired) electrons. The molecule has 0 saturated heterocycles. The summed E-state index contributed by atoms with van der Waals surface area (Å²) in [6, 6.07) is 34.8. The van der Waals surface area contributed by atoms with Gasteiger partial charge in [0.2, 0.25) is 5.91 Å². The van der Waals surface area contributed by atoms with Gasteiger partial charge in [0.05, 0.1) is 6.04 Å². The minimum Gasteiger partial charge on any atom is -0.345 e. The van der Waals surface area contributed by atoms with Gasteiger partial charge in [-0.2, -0.15) is 0 Å². The molecule has 0 bridgehead atoms. The standard InChI is InChI=1S/C39H37NO/c1-2-3-4-5-6-7-8-25-34(41)40-39-37-32-23-15-11-19-28(32)26-17-9-13-21-30(26)35(37)36-31-22-14-10-18-27(31)29-20-12-16-24-33(29)38(36)39/h9-24,39H,2-8,25H2,1H3,(H,40,41). The fraction of sp³-hybridized carbons (Fsp3) is 0.256. The second-order valence-corrected chi connectivity index (χ2v) is 11.6. The first-order chi connectivity index (χ1) is 20.3. The number of amides is 1. The Morgan fingerprint density at radius 2 is 0.878 bits per heavy atom. The summed E-state index contributed by atoms with van der Waals surface area (Å²) in [6.45, 7) is 2.25. The number of hydrogen-bond donors (Lipinski definition) is 1. The number of carbonyl (C=O) groups is 1. The summed E-state index contributed by atoms with van der Waals surface area (Å²) in [6.07, 6.45) is 9.02. The van der Waals surface area contributed by atoms with Gasteiger partial charge in [-0.05, 0) is 71.8 Å². The second-order valence-electron chi connectivity index (χ2n) is 11.6. The Bertz CT molecular complexity index is 1790. The van der Waals surface area contributed by atoms with Crippen LogP contribution in [0.5, 0.6) is 0 Å². The maximum Gasteiger partial charge on any atom is 0.220 e. The Morgan fingerprint density at radius 3 is 1.34 bits per heavy atom. The van der Waals surface area contributed by atoms with Gasteiger partial charge in [0.1, 0.15) is 0 Å². The van der Waals surface area contributed by atoms with Crippen LogP contribution in [0.25, 0.3) is 54.2 Å². The normalized spacial score (nSPS) is 12.8. The Kier molecular flexibility index (Phi) is 6.92. The van der Waals surface area contributed by atoms with E-state index >= 15 is 0 Å². The molecular formula is C39H37NO. The molecule has 7 rings (SSSR count). The van der Waals surface area contributed by atoms with Crippen LogP contribution in [0.3, 0.4) is 0 Å². The number of fused-ring (bicyclic) bond motifs is 13. The molecule has 41 heavy (non-hydrogen) atoms. The lowest BCUT2D eigenvalue weighted by molar-refractivity contribution is -0.121. The Balaban J connectivity index is 1.41. The van der Waals surface area contributed by atoms with E-state index in [2.05, 4.69) is 109 Å². The highest BCUT2D eigenvalue weighted by Gasteiger charge is 2.36. The Hall–Kier alpha value is -4.17. The van der Waals surface area contributed by atoms with Crippen molar-refractivity contribution < 1.29 is 4.79 Å². The van der Waals surface area contributed by atoms with Crippen molar-refractivity contribution in [2.24, 2.45) is 0 Å². The molecule has 2 heteroatoms. The number of unbranched alkanes of at least 4 members (excludes halogenated alkanes) is 6. The molecule has 1 aliphatic rings. The minimum atomic E-state index is -0.193.